The van der Waals surface area contributed by atoms with Crippen molar-refractivity contribution in [2.75, 3.05) is 37.6 Å². The molecule has 0 unspecified atom stereocenters. The zero-order valence-corrected chi connectivity index (χ0v) is 10.1. The molecule has 1 aliphatic heterocycles. The molecule has 0 bridgehead atoms. The van der Waals surface area contributed by atoms with Crippen molar-refractivity contribution in [3.8, 4) is 0 Å². The fourth-order valence-corrected chi connectivity index (χ4v) is 1.95. The third-order valence-electron chi connectivity index (χ3n) is 2.95. The van der Waals surface area contributed by atoms with E-state index in [4.69, 9.17) is 5.11 Å². The minimum atomic E-state index is -1.05. The standard InChI is InChI=1S/C12H16N4O2/c1-2-5-15-6-8-16(9-7-15)11-4-3-10(12(17)18)13-14-11/h2-4H,1,5-9H2,(H,17,18). The van der Waals surface area contributed by atoms with E-state index in [1.54, 1.807) is 6.07 Å². The van der Waals surface area contributed by atoms with E-state index in [1.165, 1.54) is 6.07 Å². The quantitative estimate of drug-likeness (QED) is 0.782. The number of nitrogens with zero attached hydrogens (tertiary/aromatic N) is 4. The van der Waals surface area contributed by atoms with Crippen molar-refractivity contribution < 1.29 is 9.90 Å². The number of hydrogen-bond acceptors (Lipinski definition) is 5. The highest BCUT2D eigenvalue weighted by Crippen LogP contribution is 2.12. The number of carboxylic acids is 1. The summed E-state index contributed by atoms with van der Waals surface area (Å²) in [6, 6.07) is 3.19. The highest BCUT2D eigenvalue weighted by Gasteiger charge is 2.17. The highest BCUT2D eigenvalue weighted by atomic mass is 16.4. The SMILES string of the molecule is C=CCN1CCN(c2ccc(C(=O)O)nn2)CC1. The molecule has 18 heavy (non-hydrogen) atoms. The molecule has 2 heterocycles. The molecule has 0 aliphatic carbocycles. The van der Waals surface area contributed by atoms with Crippen LogP contribution in [-0.4, -0.2) is 58.9 Å². The van der Waals surface area contributed by atoms with Crippen LogP contribution in [0, 0.1) is 0 Å². The molecule has 1 aromatic rings. The van der Waals surface area contributed by atoms with Crippen LogP contribution in [0.3, 0.4) is 0 Å². The molecule has 0 aromatic carbocycles. The van der Waals surface area contributed by atoms with Crippen molar-refractivity contribution >= 4 is 11.8 Å². The van der Waals surface area contributed by atoms with E-state index in [0.29, 0.717) is 0 Å². The van der Waals surface area contributed by atoms with E-state index in [-0.39, 0.29) is 5.69 Å². The summed E-state index contributed by atoms with van der Waals surface area (Å²) >= 11 is 0. The number of carboxylic acid groups (broad SMARTS) is 1. The van der Waals surface area contributed by atoms with Crippen molar-refractivity contribution in [2.45, 2.75) is 0 Å². The Labute approximate surface area is 106 Å². The van der Waals surface area contributed by atoms with Gasteiger partial charge in [0.25, 0.3) is 0 Å². The predicted molar refractivity (Wildman–Crippen MR) is 67.8 cm³/mol. The summed E-state index contributed by atoms with van der Waals surface area (Å²) in [5, 5.41) is 16.4. The third-order valence-corrected chi connectivity index (χ3v) is 2.95. The lowest BCUT2D eigenvalue weighted by molar-refractivity contribution is 0.0689. The number of anilines is 1. The minimum absolute atomic E-state index is 0.0240. The maximum absolute atomic E-state index is 10.7. The van der Waals surface area contributed by atoms with Crippen molar-refractivity contribution in [1.82, 2.24) is 15.1 Å². The first-order valence-electron chi connectivity index (χ1n) is 5.86. The van der Waals surface area contributed by atoms with E-state index in [1.807, 2.05) is 6.08 Å². The van der Waals surface area contributed by atoms with Crippen molar-refractivity contribution in [1.29, 1.82) is 0 Å². The summed E-state index contributed by atoms with van der Waals surface area (Å²) in [6.07, 6.45) is 1.90. The average Bonchev–Trinajstić information content (AvgIpc) is 2.40. The molecule has 6 heteroatoms. The van der Waals surface area contributed by atoms with Gasteiger partial charge in [-0.15, -0.1) is 16.8 Å². The van der Waals surface area contributed by atoms with Crippen LogP contribution >= 0.6 is 0 Å². The lowest BCUT2D eigenvalue weighted by Crippen LogP contribution is -2.46. The number of aromatic nitrogens is 2. The molecular formula is C12H16N4O2. The molecule has 0 atom stereocenters. The van der Waals surface area contributed by atoms with Crippen LogP contribution in [0.5, 0.6) is 0 Å². The largest absolute Gasteiger partial charge is 0.476 e. The topological polar surface area (TPSA) is 69.6 Å². The Morgan fingerprint density at radius 1 is 1.33 bits per heavy atom. The zero-order valence-electron chi connectivity index (χ0n) is 10.1. The lowest BCUT2D eigenvalue weighted by Gasteiger charge is -2.34. The van der Waals surface area contributed by atoms with E-state index < -0.39 is 5.97 Å². The van der Waals surface area contributed by atoms with Gasteiger partial charge in [0.05, 0.1) is 0 Å². The predicted octanol–water partition coefficient (Wildman–Crippen LogP) is 0.483. The minimum Gasteiger partial charge on any atom is -0.476 e. The van der Waals surface area contributed by atoms with Gasteiger partial charge in [-0.2, -0.15) is 0 Å². The van der Waals surface area contributed by atoms with E-state index in [2.05, 4.69) is 26.6 Å². The molecule has 96 valence electrons. The molecule has 1 N–H and O–H groups in total. The summed E-state index contributed by atoms with van der Waals surface area (Å²) in [5.41, 5.74) is -0.0240. The van der Waals surface area contributed by atoms with Gasteiger partial charge in [0, 0.05) is 32.7 Å². The van der Waals surface area contributed by atoms with E-state index in [9.17, 15) is 4.79 Å². The van der Waals surface area contributed by atoms with Gasteiger partial charge in [-0.3, -0.25) is 4.90 Å². The van der Waals surface area contributed by atoms with Crippen LogP contribution in [0.15, 0.2) is 24.8 Å². The Kier molecular flexibility index (Phi) is 3.88. The number of hydrogen-bond donors (Lipinski definition) is 1. The van der Waals surface area contributed by atoms with Gasteiger partial charge in [0.15, 0.2) is 11.5 Å². The van der Waals surface area contributed by atoms with Gasteiger partial charge in [-0.05, 0) is 12.1 Å². The van der Waals surface area contributed by atoms with Gasteiger partial charge in [-0.1, -0.05) is 6.08 Å². The smallest absolute Gasteiger partial charge is 0.356 e. The lowest BCUT2D eigenvalue weighted by atomic mass is 10.3. The third kappa shape index (κ3) is 2.84. The fraction of sp³-hybridized carbons (Fsp3) is 0.417. The molecular weight excluding hydrogens is 232 g/mol. The molecule has 2 rings (SSSR count). The fourth-order valence-electron chi connectivity index (χ4n) is 1.95. The second-order valence-corrected chi connectivity index (χ2v) is 4.16. The maximum Gasteiger partial charge on any atom is 0.356 e. The first-order chi connectivity index (χ1) is 8.70. The maximum atomic E-state index is 10.7. The first kappa shape index (κ1) is 12.5. The molecule has 1 fully saturated rings. The molecule has 6 nitrogen and oxygen atoms in total. The molecule has 1 aliphatic rings. The zero-order chi connectivity index (χ0) is 13.0. The van der Waals surface area contributed by atoms with Gasteiger partial charge >= 0.3 is 5.97 Å². The number of aromatic carboxylic acids is 1. The average molecular weight is 248 g/mol. The van der Waals surface area contributed by atoms with Crippen molar-refractivity contribution in [3.05, 3.63) is 30.5 Å². The Hall–Kier alpha value is -1.95. The molecule has 1 saturated heterocycles. The normalized spacial score (nSPS) is 16.6. The summed E-state index contributed by atoms with van der Waals surface area (Å²) < 4.78 is 0. The molecule has 0 saturated carbocycles. The number of carbonyl (C=O) groups is 1. The summed E-state index contributed by atoms with van der Waals surface area (Å²) in [4.78, 5) is 15.1. The van der Waals surface area contributed by atoms with Crippen molar-refractivity contribution in [2.24, 2.45) is 0 Å². The van der Waals surface area contributed by atoms with Crippen LogP contribution in [0.4, 0.5) is 5.82 Å². The Bertz CT molecular complexity index is 424. The van der Waals surface area contributed by atoms with Gasteiger partial charge in [0.2, 0.25) is 0 Å². The van der Waals surface area contributed by atoms with Crippen molar-refractivity contribution in [3.63, 3.8) is 0 Å². The monoisotopic (exact) mass is 248 g/mol. The highest BCUT2D eigenvalue weighted by molar-refractivity contribution is 5.85. The van der Waals surface area contributed by atoms with Gasteiger partial charge in [-0.25, -0.2) is 4.79 Å². The molecule has 0 spiro atoms. The van der Waals surface area contributed by atoms with Gasteiger partial charge in [0.1, 0.15) is 0 Å². The molecule has 1 aromatic heterocycles. The molecule has 0 amide bonds. The number of piperazine rings is 1. The van der Waals surface area contributed by atoms with Crippen LogP contribution in [0.1, 0.15) is 10.5 Å². The second kappa shape index (κ2) is 5.59. The van der Waals surface area contributed by atoms with Crippen LogP contribution in [0.25, 0.3) is 0 Å². The summed E-state index contributed by atoms with van der Waals surface area (Å²) in [5.74, 6) is -0.317. The molecule has 0 radical (unpaired) electrons. The number of rotatable bonds is 4. The summed E-state index contributed by atoms with van der Waals surface area (Å²) in [6.45, 7) is 8.27. The first-order valence-corrected chi connectivity index (χ1v) is 5.86. The van der Waals surface area contributed by atoms with Gasteiger partial charge < -0.3 is 10.0 Å². The van der Waals surface area contributed by atoms with Crippen LogP contribution < -0.4 is 4.90 Å². The Balaban J connectivity index is 1.97. The second-order valence-electron chi connectivity index (χ2n) is 4.16. The Morgan fingerprint density at radius 3 is 2.56 bits per heavy atom. The van der Waals surface area contributed by atoms with E-state index in [0.717, 1.165) is 38.5 Å². The Morgan fingerprint density at radius 2 is 2.06 bits per heavy atom. The van der Waals surface area contributed by atoms with E-state index >= 15 is 0 Å². The van der Waals surface area contributed by atoms with Crippen LogP contribution in [0.2, 0.25) is 0 Å². The van der Waals surface area contributed by atoms with Crippen LogP contribution in [-0.2, 0) is 0 Å². The summed E-state index contributed by atoms with van der Waals surface area (Å²) in [7, 11) is 0.